The number of ether oxygens (including phenoxy) is 1. The Morgan fingerprint density at radius 1 is 1.12 bits per heavy atom. The largest absolute Gasteiger partial charge is 0.427 e. The Morgan fingerprint density at radius 2 is 1.98 bits per heavy atom. The van der Waals surface area contributed by atoms with Crippen LogP contribution < -0.4 is 15.7 Å². The minimum atomic E-state index is -0.731. The molecule has 14 heteroatoms. The molecule has 7 rings (SSSR count). The summed E-state index contributed by atoms with van der Waals surface area (Å²) >= 11 is 6.46. The number of hydroxylamine groups is 1. The lowest BCUT2D eigenvalue weighted by atomic mass is 9.83. The summed E-state index contributed by atoms with van der Waals surface area (Å²) in [5.74, 6) is 3.31. The van der Waals surface area contributed by atoms with Crippen molar-refractivity contribution in [3.8, 4) is 11.3 Å². The Bertz CT molecular complexity index is 1620. The molecule has 42 heavy (non-hydrogen) atoms. The van der Waals surface area contributed by atoms with E-state index >= 15 is 0 Å². The number of morpholine rings is 1. The Kier molecular flexibility index (Phi) is 7.16. The van der Waals surface area contributed by atoms with E-state index in [-0.39, 0.29) is 6.04 Å². The van der Waals surface area contributed by atoms with Gasteiger partial charge in [-0.3, -0.25) is 5.32 Å². The molecular weight excluding hydrogens is 562 g/mol. The quantitative estimate of drug-likeness (QED) is 0.326. The molecule has 0 bridgehead atoms. The SMILES string of the molecule is Cc1noc([C@@H]2COCCN2c2nc3nc(C4NOC(=O)N4)nc(-c4cccc(Cl)c4)c3n2CC2CCC(C)CC2)n1. The number of rotatable bonds is 6. The number of nitrogens with one attached hydrogen (secondary N) is 2. The average Bonchev–Trinajstić information content (AvgIpc) is 3.72. The van der Waals surface area contributed by atoms with Crippen molar-refractivity contribution in [2.45, 2.75) is 58.3 Å². The van der Waals surface area contributed by atoms with Gasteiger partial charge in [0.2, 0.25) is 5.95 Å². The highest BCUT2D eigenvalue weighted by Crippen LogP contribution is 2.38. The fourth-order valence-electron chi connectivity index (χ4n) is 6.07. The lowest BCUT2D eigenvalue weighted by molar-refractivity contribution is 0.0824. The normalized spacial score (nSPS) is 24.6. The molecule has 5 heterocycles. The Hall–Kier alpha value is -3.81. The number of anilines is 1. The third kappa shape index (κ3) is 5.16. The topological polar surface area (TPSA) is 145 Å². The van der Waals surface area contributed by atoms with Crippen LogP contribution in [0.2, 0.25) is 5.02 Å². The Morgan fingerprint density at radius 3 is 2.71 bits per heavy atom. The fraction of sp³-hybridized carbons (Fsp3) is 0.500. The van der Waals surface area contributed by atoms with Crippen molar-refractivity contribution in [2.75, 3.05) is 24.7 Å². The third-order valence-electron chi connectivity index (χ3n) is 8.28. The zero-order valence-electron chi connectivity index (χ0n) is 23.4. The van der Waals surface area contributed by atoms with Gasteiger partial charge in [0.05, 0.1) is 13.2 Å². The zero-order valence-corrected chi connectivity index (χ0v) is 24.2. The first-order valence-corrected chi connectivity index (χ1v) is 14.7. The molecule has 0 spiro atoms. The van der Waals surface area contributed by atoms with Crippen LogP contribution in [-0.2, 0) is 16.1 Å². The van der Waals surface area contributed by atoms with Crippen LogP contribution in [0.3, 0.4) is 0 Å². The molecule has 2 aliphatic heterocycles. The number of imidazole rings is 1. The predicted molar refractivity (Wildman–Crippen MR) is 152 cm³/mol. The van der Waals surface area contributed by atoms with E-state index in [4.69, 9.17) is 40.7 Å². The number of carbonyl (C=O) groups excluding carboxylic acids is 1. The van der Waals surface area contributed by atoms with Crippen LogP contribution in [0.25, 0.3) is 22.4 Å². The second-order valence-electron chi connectivity index (χ2n) is 11.3. The highest BCUT2D eigenvalue weighted by Gasteiger charge is 2.36. The number of fused-ring (bicyclic) bond motifs is 1. The van der Waals surface area contributed by atoms with Gasteiger partial charge in [-0.05, 0) is 43.7 Å². The molecule has 1 amide bonds. The first-order chi connectivity index (χ1) is 20.4. The lowest BCUT2D eigenvalue weighted by Crippen LogP contribution is -2.41. The van der Waals surface area contributed by atoms with Crippen LogP contribution in [0.15, 0.2) is 28.8 Å². The number of benzene rings is 1. The summed E-state index contributed by atoms with van der Waals surface area (Å²) in [6, 6.07) is 7.25. The smallest absolute Gasteiger partial charge is 0.377 e. The monoisotopic (exact) mass is 593 g/mol. The highest BCUT2D eigenvalue weighted by atomic mass is 35.5. The molecular formula is C28H32ClN9O4. The standard InChI is InChI=1S/C28H32ClN9O4/c1-15-6-8-17(9-7-15)13-38-22-21(18-4-3-5-19(29)12-18)31-24(25-34-28(39)42-36-25)32-23(22)33-27(38)37-10-11-40-14-20(37)26-30-16(2)35-41-26/h3-5,12,15,17,20,25,36H,6-11,13-14H2,1-2H3,(H,34,39)/t15?,17?,20-,25?/m0/s1. The molecule has 2 N–H and O–H groups in total. The number of nitrogens with zero attached hydrogens (tertiary/aromatic N) is 7. The number of aromatic nitrogens is 6. The minimum Gasteiger partial charge on any atom is -0.377 e. The predicted octanol–water partition coefficient (Wildman–Crippen LogP) is 4.49. The zero-order chi connectivity index (χ0) is 28.8. The first kappa shape index (κ1) is 27.0. The minimum absolute atomic E-state index is 0.312. The van der Waals surface area contributed by atoms with Crippen molar-refractivity contribution in [1.29, 1.82) is 0 Å². The average molecular weight is 594 g/mol. The van der Waals surface area contributed by atoms with Gasteiger partial charge < -0.3 is 23.6 Å². The van der Waals surface area contributed by atoms with Crippen LogP contribution in [0.4, 0.5) is 10.7 Å². The van der Waals surface area contributed by atoms with Crippen LogP contribution in [0.5, 0.6) is 0 Å². The molecule has 3 aromatic heterocycles. The summed E-state index contributed by atoms with van der Waals surface area (Å²) in [6.07, 6.45) is 3.33. The van der Waals surface area contributed by atoms with Crippen LogP contribution in [0, 0.1) is 18.8 Å². The number of aryl methyl sites for hydroxylation is 1. The van der Waals surface area contributed by atoms with Gasteiger partial charge in [-0.15, -0.1) is 5.48 Å². The molecule has 3 aliphatic rings. The number of hydrogen-bond donors (Lipinski definition) is 2. The molecule has 3 fully saturated rings. The molecule has 4 aromatic rings. The van der Waals surface area contributed by atoms with E-state index in [0.29, 0.717) is 59.6 Å². The molecule has 2 atom stereocenters. The summed E-state index contributed by atoms with van der Waals surface area (Å²) in [7, 11) is 0. The van der Waals surface area contributed by atoms with E-state index in [1.807, 2.05) is 24.3 Å². The summed E-state index contributed by atoms with van der Waals surface area (Å²) in [5.41, 5.74) is 5.45. The van der Waals surface area contributed by atoms with Crippen molar-refractivity contribution < 1.29 is 18.9 Å². The summed E-state index contributed by atoms with van der Waals surface area (Å²) in [6.45, 7) is 6.38. The number of carbonyl (C=O) groups is 1. The number of halogens is 1. The fourth-order valence-corrected chi connectivity index (χ4v) is 6.26. The number of hydrogen-bond acceptors (Lipinski definition) is 11. The van der Waals surface area contributed by atoms with E-state index in [9.17, 15) is 4.79 Å². The highest BCUT2D eigenvalue weighted by molar-refractivity contribution is 6.30. The summed E-state index contributed by atoms with van der Waals surface area (Å²) in [4.78, 5) is 38.4. The molecule has 1 aromatic carbocycles. The Balaban J connectivity index is 1.42. The van der Waals surface area contributed by atoms with E-state index in [1.54, 1.807) is 6.92 Å². The van der Waals surface area contributed by atoms with Gasteiger partial charge in [0, 0.05) is 23.7 Å². The van der Waals surface area contributed by atoms with Crippen molar-refractivity contribution in [3.63, 3.8) is 0 Å². The van der Waals surface area contributed by atoms with Crippen molar-refractivity contribution in [2.24, 2.45) is 11.8 Å². The van der Waals surface area contributed by atoms with E-state index in [2.05, 4.69) is 37.3 Å². The van der Waals surface area contributed by atoms with Crippen LogP contribution in [-0.4, -0.2) is 55.5 Å². The van der Waals surface area contributed by atoms with Crippen LogP contribution >= 0.6 is 11.6 Å². The van der Waals surface area contributed by atoms with Crippen molar-refractivity contribution in [3.05, 3.63) is 46.8 Å². The molecule has 0 radical (unpaired) electrons. The van der Waals surface area contributed by atoms with Gasteiger partial charge in [0.15, 0.2) is 23.5 Å². The second kappa shape index (κ2) is 11.1. The summed E-state index contributed by atoms with van der Waals surface area (Å²) in [5, 5.41) is 7.31. The molecule has 1 aliphatic carbocycles. The van der Waals surface area contributed by atoms with E-state index in [0.717, 1.165) is 42.3 Å². The van der Waals surface area contributed by atoms with E-state index < -0.39 is 12.3 Å². The van der Waals surface area contributed by atoms with Crippen LogP contribution in [0.1, 0.15) is 62.4 Å². The van der Waals surface area contributed by atoms with Gasteiger partial charge >= 0.3 is 6.09 Å². The Labute approximate surface area is 246 Å². The second-order valence-corrected chi connectivity index (χ2v) is 11.7. The molecule has 220 valence electrons. The maximum absolute atomic E-state index is 11.8. The maximum Gasteiger partial charge on any atom is 0.427 e. The number of amides is 1. The van der Waals surface area contributed by atoms with Gasteiger partial charge in [0.25, 0.3) is 5.89 Å². The lowest BCUT2D eigenvalue weighted by Gasteiger charge is -2.35. The van der Waals surface area contributed by atoms with Crippen molar-refractivity contribution >= 4 is 34.8 Å². The maximum atomic E-state index is 11.8. The first-order valence-electron chi connectivity index (χ1n) is 14.3. The van der Waals surface area contributed by atoms with Gasteiger partial charge in [-0.25, -0.2) is 14.8 Å². The molecule has 2 saturated heterocycles. The summed E-state index contributed by atoms with van der Waals surface area (Å²) < 4.78 is 13.7. The van der Waals surface area contributed by atoms with Crippen molar-refractivity contribution in [1.82, 2.24) is 40.5 Å². The molecule has 13 nitrogen and oxygen atoms in total. The molecule has 1 saturated carbocycles. The third-order valence-corrected chi connectivity index (χ3v) is 8.51. The van der Waals surface area contributed by atoms with E-state index in [1.165, 1.54) is 12.8 Å². The van der Waals surface area contributed by atoms with Gasteiger partial charge in [-0.1, -0.05) is 48.7 Å². The molecule has 1 unspecified atom stereocenters. The van der Waals surface area contributed by atoms with Gasteiger partial charge in [0.1, 0.15) is 17.3 Å². The van der Waals surface area contributed by atoms with Gasteiger partial charge in [-0.2, -0.15) is 9.97 Å².